The van der Waals surface area contributed by atoms with Gasteiger partial charge in [0.2, 0.25) is 0 Å². The first-order valence-corrected chi connectivity index (χ1v) is 7.91. The van der Waals surface area contributed by atoms with Gasteiger partial charge < -0.3 is 0 Å². The van der Waals surface area contributed by atoms with E-state index in [1.807, 2.05) is 36.7 Å². The summed E-state index contributed by atoms with van der Waals surface area (Å²) in [6.07, 6.45) is 3.70. The molecule has 4 heteroatoms. The van der Waals surface area contributed by atoms with Gasteiger partial charge in [0, 0.05) is 32.9 Å². The van der Waals surface area contributed by atoms with Crippen molar-refractivity contribution in [3.05, 3.63) is 57.6 Å². The van der Waals surface area contributed by atoms with E-state index in [-0.39, 0.29) is 0 Å². The zero-order valence-electron chi connectivity index (χ0n) is 11.2. The van der Waals surface area contributed by atoms with Gasteiger partial charge in [0.15, 0.2) is 0 Å². The summed E-state index contributed by atoms with van der Waals surface area (Å²) in [6.45, 7) is 4.20. The van der Waals surface area contributed by atoms with Gasteiger partial charge >= 0.3 is 0 Å². The molecule has 1 aromatic carbocycles. The fourth-order valence-electron chi connectivity index (χ4n) is 2.10. The summed E-state index contributed by atoms with van der Waals surface area (Å²) < 4.78 is 1.07. The fourth-order valence-corrected chi connectivity index (χ4v) is 3.58. The number of halogens is 1. The van der Waals surface area contributed by atoms with Gasteiger partial charge in [0.25, 0.3) is 0 Å². The molecule has 0 N–H and O–H groups in total. The monoisotopic (exact) mass is 344 g/mol. The van der Waals surface area contributed by atoms with Gasteiger partial charge in [0.05, 0.1) is 5.69 Å². The number of hydrogen-bond acceptors (Lipinski definition) is 3. The van der Waals surface area contributed by atoms with Crippen LogP contribution in [0.25, 0.3) is 21.8 Å². The highest BCUT2D eigenvalue weighted by Gasteiger charge is 2.14. The summed E-state index contributed by atoms with van der Waals surface area (Å²) in [4.78, 5) is 10.2. The summed E-state index contributed by atoms with van der Waals surface area (Å²) >= 11 is 5.31. The number of aromatic nitrogens is 2. The second-order valence-corrected chi connectivity index (χ2v) is 6.65. The predicted molar refractivity (Wildman–Crippen MR) is 88.0 cm³/mol. The van der Waals surface area contributed by atoms with E-state index in [1.54, 1.807) is 11.3 Å². The molecule has 0 spiro atoms. The van der Waals surface area contributed by atoms with Crippen molar-refractivity contribution in [3.63, 3.8) is 0 Å². The van der Waals surface area contributed by atoms with Gasteiger partial charge in [-0.05, 0) is 31.5 Å². The first kappa shape index (κ1) is 13.5. The van der Waals surface area contributed by atoms with Crippen LogP contribution in [0.3, 0.4) is 0 Å². The highest BCUT2D eigenvalue weighted by atomic mass is 79.9. The van der Waals surface area contributed by atoms with E-state index in [0.29, 0.717) is 0 Å². The van der Waals surface area contributed by atoms with Crippen LogP contribution in [-0.4, -0.2) is 9.97 Å². The van der Waals surface area contributed by atoms with E-state index in [0.717, 1.165) is 26.3 Å². The number of pyridine rings is 1. The lowest BCUT2D eigenvalue weighted by atomic mass is 10.1. The minimum absolute atomic E-state index is 1.03. The van der Waals surface area contributed by atoms with Crippen molar-refractivity contribution in [2.45, 2.75) is 13.8 Å². The molecule has 0 bridgehead atoms. The predicted octanol–water partition coefficient (Wildman–Crippen LogP) is 5.25. The highest BCUT2D eigenvalue weighted by Crippen LogP contribution is 2.36. The number of thiazole rings is 1. The van der Waals surface area contributed by atoms with E-state index in [1.165, 1.54) is 10.4 Å². The first-order valence-electron chi connectivity index (χ1n) is 6.30. The van der Waals surface area contributed by atoms with Crippen molar-refractivity contribution >= 4 is 27.3 Å². The van der Waals surface area contributed by atoms with Crippen LogP contribution in [0.5, 0.6) is 0 Å². The summed E-state index contributed by atoms with van der Waals surface area (Å²) in [5.74, 6) is 0. The first-order chi connectivity index (χ1) is 9.66. The Morgan fingerprint density at radius 1 is 1.05 bits per heavy atom. The maximum absolute atomic E-state index is 4.82. The molecule has 0 aliphatic rings. The molecular weight excluding hydrogens is 332 g/mol. The molecule has 0 unspecified atom stereocenters. The van der Waals surface area contributed by atoms with Gasteiger partial charge in [-0.2, -0.15) is 0 Å². The van der Waals surface area contributed by atoms with Crippen LogP contribution in [-0.2, 0) is 0 Å². The minimum atomic E-state index is 1.03. The molecule has 0 amide bonds. The second kappa shape index (κ2) is 5.46. The third-order valence-electron chi connectivity index (χ3n) is 3.20. The molecule has 3 rings (SSSR count). The molecule has 2 heterocycles. The zero-order chi connectivity index (χ0) is 14.1. The van der Waals surface area contributed by atoms with Crippen molar-refractivity contribution in [2.75, 3.05) is 0 Å². The van der Waals surface area contributed by atoms with Gasteiger partial charge in [-0.15, -0.1) is 11.3 Å². The van der Waals surface area contributed by atoms with E-state index in [9.17, 15) is 0 Å². The van der Waals surface area contributed by atoms with Crippen molar-refractivity contribution in [2.24, 2.45) is 0 Å². The van der Waals surface area contributed by atoms with Crippen molar-refractivity contribution in [3.8, 4) is 21.8 Å². The molecule has 0 aliphatic carbocycles. The Labute approximate surface area is 130 Å². The van der Waals surface area contributed by atoms with Crippen LogP contribution in [0.15, 0.2) is 47.2 Å². The van der Waals surface area contributed by atoms with Crippen LogP contribution in [0, 0.1) is 13.8 Å². The Morgan fingerprint density at radius 3 is 2.60 bits per heavy atom. The summed E-state index contributed by atoms with van der Waals surface area (Å²) in [5, 5.41) is 1.03. The van der Waals surface area contributed by atoms with Crippen LogP contribution in [0.2, 0.25) is 0 Å². The molecule has 2 nitrogen and oxygen atoms in total. The Hall–Kier alpha value is -1.52. The molecule has 0 fully saturated rings. The van der Waals surface area contributed by atoms with E-state index >= 15 is 0 Å². The quantitative estimate of drug-likeness (QED) is 0.634. The zero-order valence-corrected chi connectivity index (χ0v) is 13.6. The Kier molecular flexibility index (Phi) is 3.68. The molecule has 3 aromatic rings. The van der Waals surface area contributed by atoms with Crippen LogP contribution in [0.1, 0.15) is 10.4 Å². The average molecular weight is 345 g/mol. The molecule has 0 saturated carbocycles. The largest absolute Gasteiger partial charge is 0.264 e. The summed E-state index contributed by atoms with van der Waals surface area (Å²) in [5.41, 5.74) is 4.49. The molecule has 0 saturated heterocycles. The van der Waals surface area contributed by atoms with Gasteiger partial charge in [-0.25, -0.2) is 4.98 Å². The van der Waals surface area contributed by atoms with Crippen molar-refractivity contribution in [1.29, 1.82) is 0 Å². The average Bonchev–Trinajstić information content (AvgIpc) is 2.81. The third kappa shape index (κ3) is 2.41. The molecule has 0 aliphatic heterocycles. The number of aryl methyl sites for hydroxylation is 2. The fraction of sp³-hybridized carbons (Fsp3) is 0.125. The lowest BCUT2D eigenvalue weighted by molar-refractivity contribution is 1.27. The standard InChI is InChI=1S/C16H13BrN2S/c1-10-7-8-18-9-13(10)16-19-15(11(2)20-16)12-5-3-4-6-14(12)17/h3-9H,1-2H3. The highest BCUT2D eigenvalue weighted by molar-refractivity contribution is 9.10. The van der Waals surface area contributed by atoms with Crippen LogP contribution >= 0.6 is 27.3 Å². The maximum atomic E-state index is 4.82. The number of nitrogens with zero attached hydrogens (tertiary/aromatic N) is 2. The van der Waals surface area contributed by atoms with Crippen LogP contribution < -0.4 is 0 Å². The van der Waals surface area contributed by atoms with Crippen molar-refractivity contribution < 1.29 is 0 Å². The minimum Gasteiger partial charge on any atom is -0.264 e. The SMILES string of the molecule is Cc1ccncc1-c1nc(-c2ccccc2Br)c(C)s1. The molecule has 0 atom stereocenters. The van der Waals surface area contributed by atoms with Crippen molar-refractivity contribution in [1.82, 2.24) is 9.97 Å². The second-order valence-electron chi connectivity index (χ2n) is 4.59. The normalized spacial score (nSPS) is 10.8. The molecule has 0 radical (unpaired) electrons. The Morgan fingerprint density at radius 2 is 1.85 bits per heavy atom. The maximum Gasteiger partial charge on any atom is 0.126 e. The topological polar surface area (TPSA) is 25.8 Å². The van der Waals surface area contributed by atoms with Gasteiger partial charge in [-0.1, -0.05) is 34.1 Å². The summed E-state index contributed by atoms with van der Waals surface area (Å²) in [6, 6.07) is 10.2. The van der Waals surface area contributed by atoms with Gasteiger partial charge in [0.1, 0.15) is 5.01 Å². The molecule has 100 valence electrons. The van der Waals surface area contributed by atoms with E-state index in [2.05, 4.69) is 40.8 Å². The molecular formula is C16H13BrN2S. The molecule has 20 heavy (non-hydrogen) atoms. The van der Waals surface area contributed by atoms with E-state index < -0.39 is 0 Å². The molecule has 2 aromatic heterocycles. The lowest BCUT2D eigenvalue weighted by Gasteiger charge is -2.02. The Bertz CT molecular complexity index is 765. The summed E-state index contributed by atoms with van der Waals surface area (Å²) in [7, 11) is 0. The van der Waals surface area contributed by atoms with E-state index in [4.69, 9.17) is 4.98 Å². The smallest absolute Gasteiger partial charge is 0.126 e. The number of benzene rings is 1. The number of hydrogen-bond donors (Lipinski definition) is 0. The Balaban J connectivity index is 2.13. The number of rotatable bonds is 2. The van der Waals surface area contributed by atoms with Gasteiger partial charge in [-0.3, -0.25) is 4.98 Å². The van der Waals surface area contributed by atoms with Crippen LogP contribution in [0.4, 0.5) is 0 Å². The lowest BCUT2D eigenvalue weighted by Crippen LogP contribution is -1.85. The third-order valence-corrected chi connectivity index (χ3v) is 4.89.